The summed E-state index contributed by atoms with van der Waals surface area (Å²) in [7, 11) is -3.66. The number of para-hydroxylation sites is 2. The van der Waals surface area contributed by atoms with Crippen molar-refractivity contribution in [1.82, 2.24) is 10.2 Å². The lowest BCUT2D eigenvalue weighted by Gasteiger charge is -2.32. The first-order valence-corrected chi connectivity index (χ1v) is 16.7. The van der Waals surface area contributed by atoms with Crippen molar-refractivity contribution in [3.05, 3.63) is 94.5 Å². The van der Waals surface area contributed by atoms with Crippen LogP contribution in [0.15, 0.2) is 83.3 Å². The van der Waals surface area contributed by atoms with Gasteiger partial charge in [0.15, 0.2) is 0 Å². The van der Waals surface area contributed by atoms with Crippen LogP contribution >= 0.6 is 15.9 Å². The lowest BCUT2D eigenvalue weighted by Crippen LogP contribution is -2.51. The Kier molecular flexibility index (Phi) is 12.4. The molecule has 0 bridgehead atoms. The molecule has 1 atom stereocenters. The summed E-state index contributed by atoms with van der Waals surface area (Å²) in [6.07, 6.45) is 1.79. The number of sulfonamides is 1. The van der Waals surface area contributed by atoms with Crippen molar-refractivity contribution < 1.29 is 22.7 Å². The molecule has 2 amide bonds. The number of amides is 2. The molecule has 0 aliphatic carbocycles. The number of carbonyl (C=O) groups excluding carboxylic acids is 2. The number of nitrogens with one attached hydrogen (secondary N) is 1. The number of halogens is 1. The van der Waals surface area contributed by atoms with Gasteiger partial charge in [0.1, 0.15) is 11.8 Å². The average Bonchev–Trinajstić information content (AvgIpc) is 2.93. The molecule has 0 aromatic heterocycles. The number of hydrogen-bond acceptors (Lipinski definition) is 5. The molecule has 0 heterocycles. The zero-order chi connectivity index (χ0) is 30.7. The van der Waals surface area contributed by atoms with Crippen molar-refractivity contribution in [3.63, 3.8) is 0 Å². The lowest BCUT2D eigenvalue weighted by atomic mass is 10.0. The zero-order valence-corrected chi connectivity index (χ0v) is 27.0. The van der Waals surface area contributed by atoms with Crippen molar-refractivity contribution >= 4 is 43.5 Å². The Hall–Kier alpha value is -3.37. The van der Waals surface area contributed by atoms with Gasteiger partial charge in [0.2, 0.25) is 21.8 Å². The average molecular weight is 659 g/mol. The van der Waals surface area contributed by atoms with Crippen LogP contribution in [0.25, 0.3) is 0 Å². The van der Waals surface area contributed by atoms with Crippen molar-refractivity contribution in [3.8, 4) is 5.75 Å². The monoisotopic (exact) mass is 657 g/mol. The molecule has 0 saturated heterocycles. The van der Waals surface area contributed by atoms with Crippen LogP contribution in [-0.4, -0.2) is 56.6 Å². The van der Waals surface area contributed by atoms with Crippen LogP contribution in [-0.2, 0) is 32.6 Å². The predicted octanol–water partition coefficient (Wildman–Crippen LogP) is 5.56. The van der Waals surface area contributed by atoms with Crippen LogP contribution in [0.2, 0.25) is 0 Å². The first-order chi connectivity index (χ1) is 20.0. The highest BCUT2D eigenvalue weighted by atomic mass is 79.9. The van der Waals surface area contributed by atoms with Gasteiger partial charge in [-0.05, 0) is 62.6 Å². The van der Waals surface area contributed by atoms with Crippen LogP contribution in [0.3, 0.4) is 0 Å². The molecule has 0 spiro atoms. The van der Waals surface area contributed by atoms with Crippen LogP contribution < -0.4 is 14.4 Å². The number of ether oxygens (including phenoxy) is 1. The van der Waals surface area contributed by atoms with E-state index in [2.05, 4.69) is 21.2 Å². The summed E-state index contributed by atoms with van der Waals surface area (Å²) in [6.45, 7) is 6.31. The maximum atomic E-state index is 13.9. The second-order valence-electron chi connectivity index (χ2n) is 10.4. The van der Waals surface area contributed by atoms with Gasteiger partial charge >= 0.3 is 0 Å². The van der Waals surface area contributed by atoms with Crippen LogP contribution in [0.5, 0.6) is 5.75 Å². The van der Waals surface area contributed by atoms with E-state index in [1.807, 2.05) is 75.4 Å². The van der Waals surface area contributed by atoms with Crippen LogP contribution in [0.1, 0.15) is 44.7 Å². The van der Waals surface area contributed by atoms with E-state index in [0.717, 1.165) is 21.9 Å². The maximum Gasteiger partial charge on any atom is 0.243 e. The fourth-order valence-electron chi connectivity index (χ4n) is 4.69. The van der Waals surface area contributed by atoms with Gasteiger partial charge in [0.25, 0.3) is 0 Å². The van der Waals surface area contributed by atoms with Gasteiger partial charge in [-0.15, -0.1) is 0 Å². The van der Waals surface area contributed by atoms with Gasteiger partial charge in [0, 0.05) is 36.4 Å². The van der Waals surface area contributed by atoms with E-state index in [1.165, 1.54) is 4.31 Å². The van der Waals surface area contributed by atoms with Gasteiger partial charge in [0.05, 0.1) is 18.6 Å². The molecule has 3 rings (SSSR count). The SMILES string of the molecule is CCOc1ccccc1N(CCCC(=O)N(Cc1cccc(Br)c1)[C@@H](Cc1ccccc1)C(=O)NC(C)C)S(C)(=O)=O. The summed E-state index contributed by atoms with van der Waals surface area (Å²) in [5.74, 6) is -0.0109. The highest BCUT2D eigenvalue weighted by molar-refractivity contribution is 9.10. The Morgan fingerprint density at radius 3 is 2.26 bits per heavy atom. The third-order valence-electron chi connectivity index (χ3n) is 6.53. The molecular formula is C32H40BrN3O5S. The fourth-order valence-corrected chi connectivity index (χ4v) is 6.11. The van der Waals surface area contributed by atoms with Crippen molar-refractivity contribution in [2.75, 3.05) is 23.7 Å². The summed E-state index contributed by atoms with van der Waals surface area (Å²) >= 11 is 3.50. The Morgan fingerprint density at radius 2 is 1.62 bits per heavy atom. The van der Waals surface area contributed by atoms with E-state index in [1.54, 1.807) is 29.2 Å². The highest BCUT2D eigenvalue weighted by Crippen LogP contribution is 2.30. The number of nitrogens with zero attached hydrogens (tertiary/aromatic N) is 2. The number of benzene rings is 3. The quantitative estimate of drug-likeness (QED) is 0.231. The highest BCUT2D eigenvalue weighted by Gasteiger charge is 2.31. The molecule has 10 heteroatoms. The second-order valence-corrected chi connectivity index (χ2v) is 13.2. The molecule has 1 N–H and O–H groups in total. The Labute approximate surface area is 258 Å². The lowest BCUT2D eigenvalue weighted by molar-refractivity contribution is -0.141. The molecule has 0 aliphatic rings. The number of rotatable bonds is 15. The predicted molar refractivity (Wildman–Crippen MR) is 171 cm³/mol. The second kappa shape index (κ2) is 15.7. The molecule has 226 valence electrons. The Balaban J connectivity index is 1.90. The number of hydrogen-bond donors (Lipinski definition) is 1. The van der Waals surface area contributed by atoms with E-state index >= 15 is 0 Å². The van der Waals surface area contributed by atoms with Crippen molar-refractivity contribution in [1.29, 1.82) is 0 Å². The largest absolute Gasteiger partial charge is 0.492 e. The van der Waals surface area contributed by atoms with E-state index < -0.39 is 16.1 Å². The molecule has 42 heavy (non-hydrogen) atoms. The smallest absolute Gasteiger partial charge is 0.243 e. The van der Waals surface area contributed by atoms with E-state index in [4.69, 9.17) is 4.74 Å². The first kappa shape index (κ1) is 33.1. The summed E-state index contributed by atoms with van der Waals surface area (Å²) in [6, 6.07) is 23.3. The molecule has 0 fully saturated rings. The van der Waals surface area contributed by atoms with Crippen LogP contribution in [0, 0.1) is 0 Å². The number of anilines is 1. The fraction of sp³-hybridized carbons (Fsp3) is 0.375. The van der Waals surface area contributed by atoms with Crippen LogP contribution in [0.4, 0.5) is 5.69 Å². The summed E-state index contributed by atoms with van der Waals surface area (Å²) in [5.41, 5.74) is 2.24. The molecule has 0 saturated carbocycles. The van der Waals surface area contributed by atoms with Gasteiger partial charge in [-0.1, -0.05) is 70.5 Å². The van der Waals surface area contributed by atoms with Gasteiger partial charge < -0.3 is 15.0 Å². The molecule has 8 nitrogen and oxygen atoms in total. The van der Waals surface area contributed by atoms with Gasteiger partial charge in [-0.3, -0.25) is 13.9 Å². The molecule has 0 unspecified atom stereocenters. The minimum absolute atomic E-state index is 0.0527. The third-order valence-corrected chi connectivity index (χ3v) is 8.20. The summed E-state index contributed by atoms with van der Waals surface area (Å²) < 4.78 is 33.4. The molecule has 0 aliphatic heterocycles. The standard InChI is InChI=1S/C32H40BrN3O5S/c1-5-41-30-18-10-9-17-28(30)36(42(4,39)40)20-12-19-31(37)35(23-26-15-11-16-27(33)21-26)29(32(38)34-24(2)3)22-25-13-7-6-8-14-25/h6-11,13-18,21,24,29H,5,12,19-20,22-23H2,1-4H3,(H,34,38)/t29-/m0/s1. The first-order valence-electron chi connectivity index (χ1n) is 14.1. The topological polar surface area (TPSA) is 96.0 Å². The minimum atomic E-state index is -3.66. The van der Waals surface area contributed by atoms with E-state index in [-0.39, 0.29) is 43.8 Å². The van der Waals surface area contributed by atoms with Crippen molar-refractivity contribution in [2.45, 2.75) is 58.7 Å². The third kappa shape index (κ3) is 9.87. The molecule has 3 aromatic rings. The van der Waals surface area contributed by atoms with E-state index in [9.17, 15) is 18.0 Å². The molecule has 3 aromatic carbocycles. The minimum Gasteiger partial charge on any atom is -0.492 e. The Morgan fingerprint density at radius 1 is 0.952 bits per heavy atom. The normalized spacial score (nSPS) is 12.0. The van der Waals surface area contributed by atoms with Gasteiger partial charge in [-0.25, -0.2) is 8.42 Å². The van der Waals surface area contributed by atoms with E-state index in [0.29, 0.717) is 24.5 Å². The molecule has 0 radical (unpaired) electrons. The maximum absolute atomic E-state index is 13.9. The zero-order valence-electron chi connectivity index (χ0n) is 24.6. The van der Waals surface area contributed by atoms with Crippen molar-refractivity contribution in [2.24, 2.45) is 0 Å². The molecular weight excluding hydrogens is 618 g/mol. The van der Waals surface area contributed by atoms with Gasteiger partial charge in [-0.2, -0.15) is 0 Å². The Bertz CT molecular complexity index is 1430. The summed E-state index contributed by atoms with van der Waals surface area (Å²) in [4.78, 5) is 29.1. The number of carbonyl (C=O) groups is 2. The summed E-state index contributed by atoms with van der Waals surface area (Å²) in [5, 5.41) is 2.99.